The van der Waals surface area contributed by atoms with Gasteiger partial charge in [0.15, 0.2) is 6.10 Å². The van der Waals surface area contributed by atoms with E-state index in [1.807, 2.05) is 0 Å². The van der Waals surface area contributed by atoms with E-state index in [9.17, 15) is 13.2 Å². The quantitative estimate of drug-likeness (QED) is 0.795. The molecule has 0 aliphatic carbocycles. The van der Waals surface area contributed by atoms with Gasteiger partial charge >= 0.3 is 6.18 Å². The van der Waals surface area contributed by atoms with Gasteiger partial charge in [-0.25, -0.2) is 4.98 Å². The monoisotopic (exact) mass is 240 g/mol. The molecule has 3 nitrogen and oxygen atoms in total. The van der Waals surface area contributed by atoms with Gasteiger partial charge in [-0.05, 0) is 12.1 Å². The van der Waals surface area contributed by atoms with E-state index in [4.69, 9.17) is 16.7 Å². The fraction of sp³-hybridized carbons (Fsp3) is 0.375. The molecule has 2 N–H and O–H groups in total. The van der Waals surface area contributed by atoms with Gasteiger partial charge < -0.3 is 10.4 Å². The molecule has 0 saturated carbocycles. The summed E-state index contributed by atoms with van der Waals surface area (Å²) in [5.74, 6) is 0. The SMILES string of the molecule is OC(CNc1ccnc(Cl)c1)C(F)(F)F. The highest BCUT2D eigenvalue weighted by Crippen LogP contribution is 2.20. The van der Waals surface area contributed by atoms with Crippen LogP contribution in [0.15, 0.2) is 18.3 Å². The van der Waals surface area contributed by atoms with Gasteiger partial charge in [-0.1, -0.05) is 11.6 Å². The first-order chi connectivity index (χ1) is 6.89. The molecule has 15 heavy (non-hydrogen) atoms. The summed E-state index contributed by atoms with van der Waals surface area (Å²) in [4.78, 5) is 3.66. The zero-order valence-corrected chi connectivity index (χ0v) is 8.18. The number of aliphatic hydroxyl groups is 1. The van der Waals surface area contributed by atoms with E-state index in [2.05, 4.69) is 10.3 Å². The third kappa shape index (κ3) is 3.93. The second-order valence-corrected chi connectivity index (χ2v) is 3.19. The van der Waals surface area contributed by atoms with Crippen molar-refractivity contribution in [3.8, 4) is 0 Å². The third-order valence-electron chi connectivity index (χ3n) is 1.60. The van der Waals surface area contributed by atoms with Crippen LogP contribution < -0.4 is 5.32 Å². The number of aromatic nitrogens is 1. The predicted octanol–water partition coefficient (Wildman–Crippen LogP) is 2.07. The molecular weight excluding hydrogens is 233 g/mol. The van der Waals surface area contributed by atoms with Crippen LogP contribution in [0.4, 0.5) is 18.9 Å². The molecule has 84 valence electrons. The Morgan fingerprint density at radius 2 is 2.20 bits per heavy atom. The number of hydrogen-bond donors (Lipinski definition) is 2. The van der Waals surface area contributed by atoms with Crippen molar-refractivity contribution in [2.45, 2.75) is 12.3 Å². The van der Waals surface area contributed by atoms with Crippen molar-refractivity contribution < 1.29 is 18.3 Å². The summed E-state index contributed by atoms with van der Waals surface area (Å²) in [5.41, 5.74) is 0.373. The van der Waals surface area contributed by atoms with Crippen molar-refractivity contribution >= 4 is 17.3 Å². The molecule has 0 amide bonds. The fourth-order valence-corrected chi connectivity index (χ4v) is 1.02. The second kappa shape index (κ2) is 4.67. The molecule has 0 radical (unpaired) electrons. The summed E-state index contributed by atoms with van der Waals surface area (Å²) < 4.78 is 35.7. The summed E-state index contributed by atoms with van der Waals surface area (Å²) in [6.45, 7) is -0.621. The van der Waals surface area contributed by atoms with Gasteiger partial charge in [-0.3, -0.25) is 0 Å². The summed E-state index contributed by atoms with van der Waals surface area (Å²) in [6.07, 6.45) is -5.67. The van der Waals surface area contributed by atoms with Crippen LogP contribution in [-0.2, 0) is 0 Å². The minimum Gasteiger partial charge on any atom is -0.382 e. The maximum absolute atomic E-state index is 11.9. The van der Waals surface area contributed by atoms with Gasteiger partial charge in [0.2, 0.25) is 0 Å². The van der Waals surface area contributed by atoms with Gasteiger partial charge in [-0.2, -0.15) is 13.2 Å². The maximum Gasteiger partial charge on any atom is 0.416 e. The molecule has 0 aromatic carbocycles. The Morgan fingerprint density at radius 1 is 1.53 bits per heavy atom. The number of pyridine rings is 1. The number of nitrogens with zero attached hydrogens (tertiary/aromatic N) is 1. The van der Waals surface area contributed by atoms with E-state index in [-0.39, 0.29) is 5.15 Å². The van der Waals surface area contributed by atoms with Gasteiger partial charge in [-0.15, -0.1) is 0 Å². The number of nitrogens with one attached hydrogen (secondary N) is 1. The van der Waals surface area contributed by atoms with Crippen LogP contribution >= 0.6 is 11.6 Å². The highest BCUT2D eigenvalue weighted by molar-refractivity contribution is 6.29. The zero-order valence-electron chi connectivity index (χ0n) is 7.42. The molecule has 0 saturated heterocycles. The van der Waals surface area contributed by atoms with Crippen molar-refractivity contribution in [2.24, 2.45) is 0 Å². The predicted molar refractivity (Wildman–Crippen MR) is 49.8 cm³/mol. The molecule has 1 aromatic rings. The number of rotatable bonds is 3. The van der Waals surface area contributed by atoms with Crippen LogP contribution in [0.1, 0.15) is 0 Å². The maximum atomic E-state index is 11.9. The standard InChI is InChI=1S/C8H8ClF3N2O/c9-7-3-5(1-2-13-7)14-4-6(15)8(10,11)12/h1-3,6,15H,4H2,(H,13,14). The third-order valence-corrected chi connectivity index (χ3v) is 1.81. The Bertz CT molecular complexity index is 332. The molecule has 0 aliphatic rings. The van der Waals surface area contributed by atoms with E-state index in [1.165, 1.54) is 18.3 Å². The summed E-state index contributed by atoms with van der Waals surface area (Å²) in [6, 6.07) is 2.82. The molecule has 0 bridgehead atoms. The van der Waals surface area contributed by atoms with E-state index >= 15 is 0 Å². The largest absolute Gasteiger partial charge is 0.416 e. The highest BCUT2D eigenvalue weighted by Gasteiger charge is 2.37. The Balaban J connectivity index is 2.51. The van der Waals surface area contributed by atoms with Gasteiger partial charge in [0.05, 0.1) is 0 Å². The smallest absolute Gasteiger partial charge is 0.382 e. The molecule has 7 heteroatoms. The number of anilines is 1. The van der Waals surface area contributed by atoms with Crippen molar-refractivity contribution in [2.75, 3.05) is 11.9 Å². The Hall–Kier alpha value is -1.01. The van der Waals surface area contributed by atoms with Crippen LogP contribution in [0, 0.1) is 0 Å². The molecule has 0 aliphatic heterocycles. The van der Waals surface area contributed by atoms with Crippen LogP contribution in [-0.4, -0.2) is 28.9 Å². The Kier molecular flexibility index (Phi) is 3.76. The lowest BCUT2D eigenvalue weighted by Crippen LogP contribution is -2.34. The van der Waals surface area contributed by atoms with Crippen molar-refractivity contribution in [3.63, 3.8) is 0 Å². The van der Waals surface area contributed by atoms with Crippen LogP contribution in [0.2, 0.25) is 5.15 Å². The molecular formula is C8H8ClF3N2O. The Labute approximate surface area is 88.9 Å². The lowest BCUT2D eigenvalue weighted by atomic mass is 10.3. The Morgan fingerprint density at radius 3 is 2.73 bits per heavy atom. The molecule has 1 aromatic heterocycles. The van der Waals surface area contributed by atoms with Gasteiger partial charge in [0.25, 0.3) is 0 Å². The first kappa shape index (κ1) is 12.1. The number of aliphatic hydroxyl groups excluding tert-OH is 1. The zero-order chi connectivity index (χ0) is 11.5. The first-order valence-electron chi connectivity index (χ1n) is 4.00. The lowest BCUT2D eigenvalue weighted by Gasteiger charge is -2.15. The lowest BCUT2D eigenvalue weighted by molar-refractivity contribution is -0.198. The van der Waals surface area contributed by atoms with Gasteiger partial charge in [0.1, 0.15) is 5.15 Å². The molecule has 1 heterocycles. The molecule has 0 spiro atoms. The number of halogens is 4. The van der Waals surface area contributed by atoms with Crippen molar-refractivity contribution in [3.05, 3.63) is 23.5 Å². The average Bonchev–Trinajstić information content (AvgIpc) is 2.12. The van der Waals surface area contributed by atoms with Crippen LogP contribution in [0.5, 0.6) is 0 Å². The summed E-state index contributed by atoms with van der Waals surface area (Å²) in [7, 11) is 0. The van der Waals surface area contributed by atoms with Crippen molar-refractivity contribution in [1.29, 1.82) is 0 Å². The topological polar surface area (TPSA) is 45.1 Å². The average molecular weight is 241 g/mol. The van der Waals surface area contributed by atoms with Gasteiger partial charge in [0, 0.05) is 18.4 Å². The number of hydrogen-bond acceptors (Lipinski definition) is 3. The van der Waals surface area contributed by atoms with Crippen molar-refractivity contribution in [1.82, 2.24) is 4.98 Å². The van der Waals surface area contributed by atoms with E-state index in [0.717, 1.165) is 0 Å². The number of alkyl halides is 3. The molecule has 1 atom stereocenters. The molecule has 1 rings (SSSR count). The van der Waals surface area contributed by atoms with E-state index < -0.39 is 18.8 Å². The normalized spacial score (nSPS) is 13.7. The highest BCUT2D eigenvalue weighted by atomic mass is 35.5. The summed E-state index contributed by atoms with van der Waals surface area (Å²) >= 11 is 5.51. The van der Waals surface area contributed by atoms with Crippen LogP contribution in [0.25, 0.3) is 0 Å². The van der Waals surface area contributed by atoms with Crippen LogP contribution in [0.3, 0.4) is 0 Å². The van der Waals surface area contributed by atoms with E-state index in [1.54, 1.807) is 0 Å². The van der Waals surface area contributed by atoms with E-state index in [0.29, 0.717) is 5.69 Å². The minimum absolute atomic E-state index is 0.168. The fourth-order valence-electron chi connectivity index (χ4n) is 0.843. The second-order valence-electron chi connectivity index (χ2n) is 2.81. The first-order valence-corrected chi connectivity index (χ1v) is 4.37. The molecule has 0 fully saturated rings. The molecule has 1 unspecified atom stereocenters. The minimum atomic E-state index is -4.62. The summed E-state index contributed by atoms with van der Waals surface area (Å²) in [5, 5.41) is 11.2.